The maximum Gasteiger partial charge on any atom is 0.181 e. The number of aromatic nitrogens is 1. The van der Waals surface area contributed by atoms with Crippen molar-refractivity contribution in [3.05, 3.63) is 67.1 Å². The Bertz CT molecular complexity index is 937. The number of nitrogens with one attached hydrogen (secondary N) is 1. The van der Waals surface area contributed by atoms with Gasteiger partial charge in [-0.15, -0.1) is 0 Å². The van der Waals surface area contributed by atoms with Gasteiger partial charge in [0.05, 0.1) is 12.0 Å². The van der Waals surface area contributed by atoms with Gasteiger partial charge in [-0.3, -0.25) is 0 Å². The first-order chi connectivity index (χ1) is 10.9. The molecule has 4 aromatic rings. The number of benzene rings is 3. The molecule has 1 N–H and O–H groups in total. The Morgan fingerprint density at radius 3 is 2.64 bits per heavy atom. The zero-order chi connectivity index (χ0) is 14.8. The van der Waals surface area contributed by atoms with Gasteiger partial charge in [-0.25, -0.2) is 9.98 Å². The Morgan fingerprint density at radius 2 is 1.73 bits per heavy atom. The van der Waals surface area contributed by atoms with E-state index in [1.54, 1.807) is 6.34 Å². The van der Waals surface area contributed by atoms with Crippen molar-refractivity contribution in [3.8, 4) is 0 Å². The number of hydrogen-bond acceptors (Lipinski definition) is 4. The molecule has 4 nitrogen and oxygen atoms in total. The van der Waals surface area contributed by atoms with Gasteiger partial charge in [0.1, 0.15) is 5.52 Å². The Morgan fingerprint density at radius 1 is 0.864 bits per heavy atom. The molecule has 0 aliphatic carbocycles. The summed E-state index contributed by atoms with van der Waals surface area (Å²) in [7, 11) is 0. The van der Waals surface area contributed by atoms with Crippen molar-refractivity contribution < 1.29 is 4.42 Å². The second-order valence-corrected chi connectivity index (χ2v) is 4.90. The zero-order valence-electron chi connectivity index (χ0n) is 11.7. The van der Waals surface area contributed by atoms with Crippen molar-refractivity contribution in [2.45, 2.75) is 0 Å². The number of fused-ring (bicyclic) bond motifs is 1. The van der Waals surface area contributed by atoms with E-state index >= 15 is 0 Å². The summed E-state index contributed by atoms with van der Waals surface area (Å²) in [6, 6.07) is 20.0. The van der Waals surface area contributed by atoms with Crippen LogP contribution in [-0.2, 0) is 0 Å². The molecular weight excluding hydrogens is 274 g/mol. The molecule has 0 bridgehead atoms. The van der Waals surface area contributed by atoms with Crippen LogP contribution in [0.4, 0.5) is 11.4 Å². The van der Waals surface area contributed by atoms with Gasteiger partial charge in [-0.05, 0) is 29.7 Å². The first kappa shape index (κ1) is 12.6. The van der Waals surface area contributed by atoms with Crippen molar-refractivity contribution in [2.24, 2.45) is 4.99 Å². The van der Waals surface area contributed by atoms with Crippen LogP contribution in [0, 0.1) is 0 Å². The highest BCUT2D eigenvalue weighted by atomic mass is 16.3. The van der Waals surface area contributed by atoms with E-state index in [2.05, 4.69) is 33.5 Å². The average Bonchev–Trinajstić information content (AvgIpc) is 3.05. The molecule has 0 radical (unpaired) electrons. The number of anilines is 1. The Balaban J connectivity index is 0.000000122. The van der Waals surface area contributed by atoms with Gasteiger partial charge in [-0.1, -0.05) is 36.4 Å². The summed E-state index contributed by atoms with van der Waals surface area (Å²) in [6.07, 6.45) is 3.18. The molecule has 0 spiro atoms. The summed E-state index contributed by atoms with van der Waals surface area (Å²) < 4.78 is 5.01. The van der Waals surface area contributed by atoms with Crippen LogP contribution < -0.4 is 5.32 Å². The number of aliphatic imine (C=N–C) groups is 1. The maximum absolute atomic E-state index is 5.01. The third-order valence-electron chi connectivity index (χ3n) is 3.54. The van der Waals surface area contributed by atoms with Crippen LogP contribution >= 0.6 is 0 Å². The normalized spacial score (nSPS) is 11.8. The standard InChI is InChI=1S/C11H8N2.C7H5NO/c1-3-8-4-2-6-10-11(8)9(5-1)12-7-13-10;1-2-4-7-6(3-1)8-5-9-7/h1-7H,(H,12,13);1-5H. The van der Waals surface area contributed by atoms with Crippen LogP contribution in [0.25, 0.3) is 21.9 Å². The minimum atomic E-state index is 0.845. The van der Waals surface area contributed by atoms with E-state index < -0.39 is 0 Å². The van der Waals surface area contributed by atoms with E-state index in [0.29, 0.717) is 0 Å². The quantitative estimate of drug-likeness (QED) is 0.507. The summed E-state index contributed by atoms with van der Waals surface area (Å²) in [5.41, 5.74) is 3.95. The van der Waals surface area contributed by atoms with Crippen LogP contribution in [-0.4, -0.2) is 11.3 Å². The van der Waals surface area contributed by atoms with E-state index in [4.69, 9.17) is 4.42 Å². The highest BCUT2D eigenvalue weighted by molar-refractivity contribution is 6.08. The number of oxazole rings is 1. The molecule has 0 atom stereocenters. The number of para-hydroxylation sites is 2. The molecule has 1 aromatic heterocycles. The SMILES string of the molecule is C1=Nc2cccc3cccc(c23)N1.c1ccc2ocnc2c1. The van der Waals surface area contributed by atoms with Crippen LogP contribution in [0.3, 0.4) is 0 Å². The summed E-state index contributed by atoms with van der Waals surface area (Å²) >= 11 is 0. The molecule has 5 rings (SSSR count). The van der Waals surface area contributed by atoms with Gasteiger partial charge in [0, 0.05) is 11.1 Å². The second-order valence-electron chi connectivity index (χ2n) is 4.90. The molecule has 0 saturated carbocycles. The van der Waals surface area contributed by atoms with Crippen molar-refractivity contribution in [1.82, 2.24) is 4.98 Å². The zero-order valence-corrected chi connectivity index (χ0v) is 11.7. The van der Waals surface area contributed by atoms with Gasteiger partial charge in [0.2, 0.25) is 0 Å². The van der Waals surface area contributed by atoms with Crippen molar-refractivity contribution >= 4 is 39.6 Å². The second kappa shape index (κ2) is 5.33. The van der Waals surface area contributed by atoms with Gasteiger partial charge in [0.15, 0.2) is 12.0 Å². The molecule has 4 heteroatoms. The summed E-state index contributed by atoms with van der Waals surface area (Å²) in [6.45, 7) is 0. The third kappa shape index (κ3) is 2.20. The lowest BCUT2D eigenvalue weighted by Gasteiger charge is -2.12. The molecule has 0 saturated heterocycles. The maximum atomic E-state index is 5.01. The molecule has 106 valence electrons. The van der Waals surface area contributed by atoms with Crippen molar-refractivity contribution in [3.63, 3.8) is 0 Å². The number of rotatable bonds is 0. The molecule has 22 heavy (non-hydrogen) atoms. The fourth-order valence-corrected chi connectivity index (χ4v) is 2.52. The monoisotopic (exact) mass is 287 g/mol. The minimum Gasteiger partial charge on any atom is -0.443 e. The van der Waals surface area contributed by atoms with Crippen LogP contribution in [0.15, 0.2) is 76.5 Å². The molecule has 3 aromatic carbocycles. The Hall–Kier alpha value is -3.14. The van der Waals surface area contributed by atoms with Crippen LogP contribution in [0.5, 0.6) is 0 Å². The van der Waals surface area contributed by atoms with Crippen molar-refractivity contribution in [2.75, 3.05) is 5.32 Å². The molecule has 0 unspecified atom stereocenters. The van der Waals surface area contributed by atoms with E-state index in [-0.39, 0.29) is 0 Å². The third-order valence-corrected chi connectivity index (χ3v) is 3.54. The molecule has 1 aliphatic rings. The lowest BCUT2D eigenvalue weighted by atomic mass is 10.1. The fourth-order valence-electron chi connectivity index (χ4n) is 2.52. The molecular formula is C18H13N3O. The van der Waals surface area contributed by atoms with E-state index in [0.717, 1.165) is 22.5 Å². The predicted octanol–water partition coefficient (Wildman–Crippen LogP) is 4.75. The fraction of sp³-hybridized carbons (Fsp3) is 0. The van der Waals surface area contributed by atoms with Crippen LogP contribution in [0.2, 0.25) is 0 Å². The van der Waals surface area contributed by atoms with E-state index in [1.807, 2.05) is 42.5 Å². The smallest absolute Gasteiger partial charge is 0.181 e. The summed E-state index contributed by atoms with van der Waals surface area (Å²) in [5.74, 6) is 0. The largest absolute Gasteiger partial charge is 0.443 e. The van der Waals surface area contributed by atoms with Gasteiger partial charge >= 0.3 is 0 Å². The molecule has 0 amide bonds. The highest BCUT2D eigenvalue weighted by Gasteiger charge is 2.06. The number of nitrogens with zero attached hydrogens (tertiary/aromatic N) is 2. The number of hydrogen-bond donors (Lipinski definition) is 1. The lowest BCUT2D eigenvalue weighted by Crippen LogP contribution is -1.99. The first-order valence-electron chi connectivity index (χ1n) is 7.01. The highest BCUT2D eigenvalue weighted by Crippen LogP contribution is 2.33. The molecule has 0 fully saturated rings. The average molecular weight is 287 g/mol. The molecule has 2 heterocycles. The van der Waals surface area contributed by atoms with Crippen LogP contribution in [0.1, 0.15) is 0 Å². The summed E-state index contributed by atoms with van der Waals surface area (Å²) in [4.78, 5) is 8.23. The Kier molecular flexibility index (Phi) is 3.05. The molecule has 1 aliphatic heterocycles. The van der Waals surface area contributed by atoms with E-state index in [1.165, 1.54) is 17.2 Å². The van der Waals surface area contributed by atoms with E-state index in [9.17, 15) is 0 Å². The minimum absolute atomic E-state index is 0.845. The topological polar surface area (TPSA) is 50.4 Å². The van der Waals surface area contributed by atoms with Gasteiger partial charge in [-0.2, -0.15) is 0 Å². The van der Waals surface area contributed by atoms with Gasteiger partial charge < -0.3 is 9.73 Å². The first-order valence-corrected chi connectivity index (χ1v) is 7.01. The predicted molar refractivity (Wildman–Crippen MR) is 89.7 cm³/mol. The summed E-state index contributed by atoms with van der Waals surface area (Å²) in [5, 5.41) is 5.59. The Labute approximate surface area is 127 Å². The lowest BCUT2D eigenvalue weighted by molar-refractivity contribution is 0.602. The van der Waals surface area contributed by atoms with Gasteiger partial charge in [0.25, 0.3) is 0 Å². The van der Waals surface area contributed by atoms with Crippen molar-refractivity contribution in [1.29, 1.82) is 0 Å².